The molecular formula is C10H9FO4. The summed E-state index contributed by atoms with van der Waals surface area (Å²) in [5.41, 5.74) is -0.542. The van der Waals surface area contributed by atoms with E-state index in [0.717, 1.165) is 18.2 Å². The zero-order chi connectivity index (χ0) is 11.4. The van der Waals surface area contributed by atoms with Gasteiger partial charge in [-0.05, 0) is 25.1 Å². The maximum atomic E-state index is 12.8. The molecule has 5 heteroatoms. The van der Waals surface area contributed by atoms with E-state index in [4.69, 9.17) is 5.11 Å². The van der Waals surface area contributed by atoms with Crippen molar-refractivity contribution in [1.29, 1.82) is 0 Å². The lowest BCUT2D eigenvalue weighted by Gasteiger charge is -2.05. The largest absolute Gasteiger partial charge is 0.478 e. The van der Waals surface area contributed by atoms with Gasteiger partial charge in [-0.25, -0.2) is 14.0 Å². The lowest BCUT2D eigenvalue weighted by Crippen LogP contribution is -2.11. The Hall–Kier alpha value is -1.91. The number of halogens is 1. The zero-order valence-electron chi connectivity index (χ0n) is 7.99. The van der Waals surface area contributed by atoms with Crippen LogP contribution in [0.15, 0.2) is 18.2 Å². The predicted octanol–water partition coefficient (Wildman–Crippen LogP) is 1.70. The number of ether oxygens (including phenoxy) is 1. The molecule has 0 heterocycles. The molecule has 0 saturated heterocycles. The van der Waals surface area contributed by atoms with E-state index in [1.165, 1.54) is 0 Å². The number of hydrogen-bond donors (Lipinski definition) is 1. The Morgan fingerprint density at radius 1 is 1.40 bits per heavy atom. The van der Waals surface area contributed by atoms with Crippen molar-refractivity contribution in [3.8, 4) is 0 Å². The lowest BCUT2D eigenvalue weighted by atomic mass is 10.1. The first-order valence-corrected chi connectivity index (χ1v) is 4.26. The van der Waals surface area contributed by atoms with Crippen molar-refractivity contribution in [1.82, 2.24) is 0 Å². The minimum atomic E-state index is -1.29. The number of benzene rings is 1. The minimum Gasteiger partial charge on any atom is -0.478 e. The van der Waals surface area contributed by atoms with Gasteiger partial charge >= 0.3 is 11.9 Å². The van der Waals surface area contributed by atoms with E-state index in [2.05, 4.69) is 4.74 Å². The summed E-state index contributed by atoms with van der Waals surface area (Å²) in [6, 6.07) is 2.86. The first kappa shape index (κ1) is 11.2. The van der Waals surface area contributed by atoms with Crippen LogP contribution in [0.1, 0.15) is 27.6 Å². The second kappa shape index (κ2) is 4.54. The molecule has 0 bridgehead atoms. The molecular weight excluding hydrogens is 203 g/mol. The molecule has 0 unspecified atom stereocenters. The molecule has 0 aliphatic heterocycles. The maximum absolute atomic E-state index is 12.8. The van der Waals surface area contributed by atoms with Crippen LogP contribution in [-0.2, 0) is 4.74 Å². The molecule has 4 nitrogen and oxygen atoms in total. The second-order valence-corrected chi connectivity index (χ2v) is 2.72. The number of carboxylic acid groups (broad SMARTS) is 1. The molecule has 0 aliphatic rings. The Bertz CT molecular complexity index is 400. The average molecular weight is 212 g/mol. The first-order chi connectivity index (χ1) is 7.06. The summed E-state index contributed by atoms with van der Waals surface area (Å²) in [6.45, 7) is 1.69. The van der Waals surface area contributed by atoms with E-state index in [9.17, 15) is 14.0 Å². The van der Waals surface area contributed by atoms with Crippen molar-refractivity contribution in [2.75, 3.05) is 6.61 Å². The minimum absolute atomic E-state index is 0.106. The molecule has 0 radical (unpaired) electrons. The molecule has 0 aromatic heterocycles. The molecule has 0 atom stereocenters. The van der Waals surface area contributed by atoms with Crippen molar-refractivity contribution in [2.45, 2.75) is 6.92 Å². The van der Waals surface area contributed by atoms with Gasteiger partial charge in [0.05, 0.1) is 17.7 Å². The van der Waals surface area contributed by atoms with Crippen molar-refractivity contribution in [3.63, 3.8) is 0 Å². The quantitative estimate of drug-likeness (QED) is 0.774. The van der Waals surface area contributed by atoms with E-state index in [0.29, 0.717) is 0 Å². The van der Waals surface area contributed by atoms with Crippen molar-refractivity contribution in [2.24, 2.45) is 0 Å². The highest BCUT2D eigenvalue weighted by atomic mass is 19.1. The standard InChI is InChI=1S/C10H9FO4/c1-2-15-10(14)8-5-6(11)3-4-7(8)9(12)13/h3-5H,2H2,1H3,(H,12,13). The van der Waals surface area contributed by atoms with Crippen LogP contribution in [0.25, 0.3) is 0 Å². The van der Waals surface area contributed by atoms with Crippen molar-refractivity contribution < 1.29 is 23.8 Å². The van der Waals surface area contributed by atoms with Crippen LogP contribution in [0.5, 0.6) is 0 Å². The number of aromatic carboxylic acids is 1. The van der Waals surface area contributed by atoms with Crippen LogP contribution >= 0.6 is 0 Å². The Labute approximate surface area is 85.3 Å². The highest BCUT2D eigenvalue weighted by Crippen LogP contribution is 2.12. The second-order valence-electron chi connectivity index (χ2n) is 2.72. The molecule has 0 aliphatic carbocycles. The van der Waals surface area contributed by atoms with Gasteiger partial charge in [-0.1, -0.05) is 0 Å². The van der Waals surface area contributed by atoms with Gasteiger partial charge in [-0.2, -0.15) is 0 Å². The average Bonchev–Trinajstić information content (AvgIpc) is 2.17. The molecule has 15 heavy (non-hydrogen) atoms. The smallest absolute Gasteiger partial charge is 0.339 e. The molecule has 0 fully saturated rings. The summed E-state index contributed by atoms with van der Waals surface area (Å²) >= 11 is 0. The fraction of sp³-hybridized carbons (Fsp3) is 0.200. The number of esters is 1. The van der Waals surface area contributed by atoms with E-state index in [-0.39, 0.29) is 17.7 Å². The molecule has 1 rings (SSSR count). The van der Waals surface area contributed by atoms with Crippen LogP contribution in [0, 0.1) is 5.82 Å². The predicted molar refractivity (Wildman–Crippen MR) is 49.3 cm³/mol. The van der Waals surface area contributed by atoms with E-state index in [1.54, 1.807) is 6.92 Å². The topological polar surface area (TPSA) is 63.6 Å². The molecule has 0 spiro atoms. The molecule has 1 N–H and O–H groups in total. The summed E-state index contributed by atoms with van der Waals surface area (Å²) in [4.78, 5) is 22.0. The lowest BCUT2D eigenvalue weighted by molar-refractivity contribution is 0.0514. The van der Waals surface area contributed by atoms with Gasteiger partial charge in [0.25, 0.3) is 0 Å². The van der Waals surface area contributed by atoms with Crippen LogP contribution in [-0.4, -0.2) is 23.7 Å². The third-order valence-electron chi connectivity index (χ3n) is 1.71. The Morgan fingerprint density at radius 2 is 2.07 bits per heavy atom. The summed E-state index contributed by atoms with van der Waals surface area (Å²) in [5.74, 6) is -2.81. The van der Waals surface area contributed by atoms with Gasteiger partial charge in [0.2, 0.25) is 0 Å². The highest BCUT2D eigenvalue weighted by molar-refractivity contribution is 6.02. The number of rotatable bonds is 3. The molecule has 1 aromatic carbocycles. The number of carboxylic acids is 1. The number of carbonyl (C=O) groups is 2. The number of hydrogen-bond acceptors (Lipinski definition) is 3. The van der Waals surface area contributed by atoms with Crippen LogP contribution < -0.4 is 0 Å². The maximum Gasteiger partial charge on any atom is 0.339 e. The molecule has 0 saturated carbocycles. The van der Waals surface area contributed by atoms with Gasteiger partial charge in [-0.3, -0.25) is 0 Å². The van der Waals surface area contributed by atoms with Crippen LogP contribution in [0.3, 0.4) is 0 Å². The van der Waals surface area contributed by atoms with Gasteiger partial charge in [0, 0.05) is 0 Å². The molecule has 0 amide bonds. The van der Waals surface area contributed by atoms with E-state index < -0.39 is 17.8 Å². The third kappa shape index (κ3) is 2.52. The Balaban J connectivity index is 3.18. The first-order valence-electron chi connectivity index (χ1n) is 4.26. The molecule has 1 aromatic rings. The number of carbonyl (C=O) groups excluding carboxylic acids is 1. The van der Waals surface area contributed by atoms with Crippen molar-refractivity contribution in [3.05, 3.63) is 35.1 Å². The van der Waals surface area contributed by atoms with Gasteiger partial charge in [0.1, 0.15) is 5.82 Å². The Kier molecular flexibility index (Phi) is 3.38. The summed E-state index contributed by atoms with van der Waals surface area (Å²) < 4.78 is 17.4. The summed E-state index contributed by atoms with van der Waals surface area (Å²) in [5, 5.41) is 8.74. The van der Waals surface area contributed by atoms with Crippen LogP contribution in [0.2, 0.25) is 0 Å². The van der Waals surface area contributed by atoms with Gasteiger partial charge in [-0.15, -0.1) is 0 Å². The highest BCUT2D eigenvalue weighted by Gasteiger charge is 2.17. The normalized spacial score (nSPS) is 9.73. The zero-order valence-corrected chi connectivity index (χ0v) is 7.99. The van der Waals surface area contributed by atoms with Gasteiger partial charge < -0.3 is 9.84 Å². The molecule has 80 valence electrons. The van der Waals surface area contributed by atoms with Gasteiger partial charge in [0.15, 0.2) is 0 Å². The van der Waals surface area contributed by atoms with Crippen LogP contribution in [0.4, 0.5) is 4.39 Å². The SMILES string of the molecule is CCOC(=O)c1cc(F)ccc1C(=O)O. The fourth-order valence-electron chi connectivity index (χ4n) is 1.08. The summed E-state index contributed by atoms with van der Waals surface area (Å²) in [6.07, 6.45) is 0. The summed E-state index contributed by atoms with van der Waals surface area (Å²) in [7, 11) is 0. The monoisotopic (exact) mass is 212 g/mol. The Morgan fingerprint density at radius 3 is 2.60 bits per heavy atom. The fourth-order valence-corrected chi connectivity index (χ4v) is 1.08. The van der Waals surface area contributed by atoms with E-state index in [1.807, 2.05) is 0 Å². The van der Waals surface area contributed by atoms with Crippen molar-refractivity contribution >= 4 is 11.9 Å². The third-order valence-corrected chi connectivity index (χ3v) is 1.71. The van der Waals surface area contributed by atoms with E-state index >= 15 is 0 Å².